The SMILES string of the molecule is C=CCC1C(Br)=Cc2ccccc2N1C(=O)OCC. The smallest absolute Gasteiger partial charge is 0.414 e. The third-order valence-electron chi connectivity index (χ3n) is 2.97. The summed E-state index contributed by atoms with van der Waals surface area (Å²) in [5.74, 6) is 0. The van der Waals surface area contributed by atoms with Crippen molar-refractivity contribution >= 4 is 33.8 Å². The van der Waals surface area contributed by atoms with E-state index in [0.29, 0.717) is 13.0 Å². The minimum absolute atomic E-state index is 0.0913. The summed E-state index contributed by atoms with van der Waals surface area (Å²) in [4.78, 5) is 13.9. The fourth-order valence-corrected chi connectivity index (χ4v) is 2.80. The lowest BCUT2D eigenvalue weighted by molar-refractivity contribution is 0.158. The minimum Gasteiger partial charge on any atom is -0.449 e. The summed E-state index contributed by atoms with van der Waals surface area (Å²) in [5.41, 5.74) is 1.87. The van der Waals surface area contributed by atoms with Crippen LogP contribution in [0.5, 0.6) is 0 Å². The summed E-state index contributed by atoms with van der Waals surface area (Å²) in [7, 11) is 0. The number of ether oxygens (including phenoxy) is 1. The molecule has 0 saturated heterocycles. The van der Waals surface area contributed by atoms with Crippen LogP contribution < -0.4 is 4.90 Å². The monoisotopic (exact) mass is 321 g/mol. The molecule has 100 valence electrons. The third-order valence-corrected chi connectivity index (χ3v) is 3.73. The van der Waals surface area contributed by atoms with Crippen molar-refractivity contribution in [3.05, 3.63) is 47.0 Å². The lowest BCUT2D eigenvalue weighted by atomic mass is 10.0. The van der Waals surface area contributed by atoms with E-state index in [-0.39, 0.29) is 12.1 Å². The van der Waals surface area contributed by atoms with Crippen molar-refractivity contribution < 1.29 is 9.53 Å². The molecule has 0 spiro atoms. The van der Waals surface area contributed by atoms with E-state index in [0.717, 1.165) is 15.7 Å². The average molecular weight is 322 g/mol. The fourth-order valence-electron chi connectivity index (χ4n) is 2.16. The Morgan fingerprint density at radius 1 is 1.53 bits per heavy atom. The second-order valence-corrected chi connectivity index (χ2v) is 5.11. The Morgan fingerprint density at radius 3 is 2.95 bits per heavy atom. The first kappa shape index (κ1) is 13.9. The molecule has 1 aliphatic rings. The Bertz CT molecular complexity index is 525. The van der Waals surface area contributed by atoms with Gasteiger partial charge < -0.3 is 4.74 Å². The molecule has 0 radical (unpaired) electrons. The molecule has 2 rings (SSSR count). The maximum atomic E-state index is 12.2. The van der Waals surface area contributed by atoms with E-state index < -0.39 is 0 Å². The number of fused-ring (bicyclic) bond motifs is 1. The maximum Gasteiger partial charge on any atom is 0.414 e. The van der Waals surface area contributed by atoms with Gasteiger partial charge in [0.1, 0.15) is 0 Å². The van der Waals surface area contributed by atoms with Crippen molar-refractivity contribution in [3.8, 4) is 0 Å². The molecule has 0 aliphatic carbocycles. The van der Waals surface area contributed by atoms with Crippen molar-refractivity contribution in [2.24, 2.45) is 0 Å². The van der Waals surface area contributed by atoms with Gasteiger partial charge in [0.25, 0.3) is 0 Å². The largest absolute Gasteiger partial charge is 0.449 e. The molecule has 0 saturated carbocycles. The van der Waals surface area contributed by atoms with Gasteiger partial charge in [0.2, 0.25) is 0 Å². The number of hydrogen-bond acceptors (Lipinski definition) is 2. The molecule has 1 atom stereocenters. The first-order chi connectivity index (χ1) is 9.19. The average Bonchev–Trinajstić information content (AvgIpc) is 2.40. The molecule has 1 unspecified atom stereocenters. The number of benzene rings is 1. The van der Waals surface area contributed by atoms with Crippen LogP contribution in [-0.4, -0.2) is 18.7 Å². The summed E-state index contributed by atoms with van der Waals surface area (Å²) in [6.07, 6.45) is 4.19. The third kappa shape index (κ3) is 2.73. The van der Waals surface area contributed by atoms with Crippen molar-refractivity contribution in [2.45, 2.75) is 19.4 Å². The van der Waals surface area contributed by atoms with Gasteiger partial charge >= 0.3 is 6.09 Å². The molecule has 1 aromatic rings. The predicted molar refractivity (Wildman–Crippen MR) is 81.4 cm³/mol. The molecule has 0 aromatic heterocycles. The molecular formula is C15H16BrNO2. The number of carbonyl (C=O) groups is 1. The van der Waals surface area contributed by atoms with Gasteiger partial charge in [-0.3, -0.25) is 4.90 Å². The standard InChI is InChI=1S/C15H16BrNO2/c1-3-7-14-12(16)10-11-8-5-6-9-13(11)17(14)15(18)19-4-2/h3,5-6,8-10,14H,1,4,7H2,2H3. The van der Waals surface area contributed by atoms with Crippen LogP contribution in [0.2, 0.25) is 0 Å². The van der Waals surface area contributed by atoms with Crippen LogP contribution in [0.1, 0.15) is 18.9 Å². The Balaban J connectivity index is 2.47. The lowest BCUT2D eigenvalue weighted by Crippen LogP contribution is -2.42. The number of rotatable bonds is 3. The van der Waals surface area contributed by atoms with Gasteiger partial charge in [-0.1, -0.05) is 40.2 Å². The van der Waals surface area contributed by atoms with E-state index >= 15 is 0 Å². The predicted octanol–water partition coefficient (Wildman–Crippen LogP) is 4.34. The van der Waals surface area contributed by atoms with E-state index in [2.05, 4.69) is 22.5 Å². The number of halogens is 1. The Hall–Kier alpha value is -1.55. The van der Waals surface area contributed by atoms with Crippen molar-refractivity contribution in [3.63, 3.8) is 0 Å². The highest BCUT2D eigenvalue weighted by Crippen LogP contribution is 2.36. The summed E-state index contributed by atoms with van der Waals surface area (Å²) >= 11 is 3.55. The zero-order chi connectivity index (χ0) is 13.8. The van der Waals surface area contributed by atoms with Crippen LogP contribution in [0, 0.1) is 0 Å². The normalized spacial score (nSPS) is 17.5. The van der Waals surface area contributed by atoms with Gasteiger partial charge in [-0.25, -0.2) is 4.79 Å². The Labute approximate surface area is 121 Å². The number of anilines is 1. The maximum absolute atomic E-state index is 12.2. The van der Waals surface area contributed by atoms with Crippen molar-refractivity contribution in [1.29, 1.82) is 0 Å². The zero-order valence-corrected chi connectivity index (χ0v) is 12.4. The number of para-hydroxylation sites is 1. The molecule has 3 nitrogen and oxygen atoms in total. The van der Waals surface area contributed by atoms with Crippen LogP contribution in [0.25, 0.3) is 6.08 Å². The van der Waals surface area contributed by atoms with Gasteiger partial charge in [0.15, 0.2) is 0 Å². The van der Waals surface area contributed by atoms with Crippen LogP contribution in [0.15, 0.2) is 41.4 Å². The van der Waals surface area contributed by atoms with Crippen LogP contribution >= 0.6 is 15.9 Å². The Kier molecular flexibility index (Phi) is 4.43. The molecular weight excluding hydrogens is 306 g/mol. The van der Waals surface area contributed by atoms with Gasteiger partial charge in [-0.15, -0.1) is 6.58 Å². The van der Waals surface area contributed by atoms with E-state index in [9.17, 15) is 4.79 Å². The Morgan fingerprint density at radius 2 is 2.26 bits per heavy atom. The molecule has 0 N–H and O–H groups in total. The quantitative estimate of drug-likeness (QED) is 0.775. The highest BCUT2D eigenvalue weighted by Gasteiger charge is 2.32. The highest BCUT2D eigenvalue weighted by molar-refractivity contribution is 9.11. The van der Waals surface area contributed by atoms with Crippen LogP contribution in [0.4, 0.5) is 10.5 Å². The summed E-state index contributed by atoms with van der Waals surface area (Å²) in [5, 5.41) is 0. The summed E-state index contributed by atoms with van der Waals surface area (Å²) in [6.45, 7) is 5.93. The van der Waals surface area contributed by atoms with Gasteiger partial charge in [0, 0.05) is 4.48 Å². The lowest BCUT2D eigenvalue weighted by Gasteiger charge is -2.34. The molecule has 1 heterocycles. The van der Waals surface area contributed by atoms with E-state index in [1.165, 1.54) is 0 Å². The molecule has 1 amide bonds. The molecule has 1 aliphatic heterocycles. The summed E-state index contributed by atoms with van der Waals surface area (Å²) < 4.78 is 6.13. The van der Waals surface area contributed by atoms with Crippen molar-refractivity contribution in [1.82, 2.24) is 0 Å². The number of nitrogens with zero attached hydrogens (tertiary/aromatic N) is 1. The molecule has 0 fully saturated rings. The van der Waals surface area contributed by atoms with Crippen LogP contribution in [0.3, 0.4) is 0 Å². The number of amides is 1. The molecule has 0 bridgehead atoms. The van der Waals surface area contributed by atoms with E-state index in [1.54, 1.807) is 17.9 Å². The first-order valence-corrected chi connectivity index (χ1v) is 7.01. The highest BCUT2D eigenvalue weighted by atomic mass is 79.9. The van der Waals surface area contributed by atoms with Crippen molar-refractivity contribution in [2.75, 3.05) is 11.5 Å². The molecule has 1 aromatic carbocycles. The zero-order valence-electron chi connectivity index (χ0n) is 10.8. The number of carbonyl (C=O) groups excluding carboxylic acids is 1. The topological polar surface area (TPSA) is 29.5 Å². The van der Waals surface area contributed by atoms with Gasteiger partial charge in [-0.2, -0.15) is 0 Å². The molecule has 4 heteroatoms. The van der Waals surface area contributed by atoms with Crippen LogP contribution in [-0.2, 0) is 4.74 Å². The van der Waals surface area contributed by atoms with Gasteiger partial charge in [0.05, 0.1) is 18.3 Å². The first-order valence-electron chi connectivity index (χ1n) is 6.22. The minimum atomic E-state index is -0.327. The second-order valence-electron chi connectivity index (χ2n) is 4.20. The number of hydrogen-bond donors (Lipinski definition) is 0. The molecule has 19 heavy (non-hydrogen) atoms. The second kappa shape index (κ2) is 6.06. The summed E-state index contributed by atoms with van der Waals surface area (Å²) in [6, 6.07) is 7.69. The van der Waals surface area contributed by atoms with Gasteiger partial charge in [-0.05, 0) is 31.1 Å². The fraction of sp³-hybridized carbons (Fsp3) is 0.267. The van der Waals surface area contributed by atoms with E-state index in [4.69, 9.17) is 4.74 Å². The van der Waals surface area contributed by atoms with E-state index in [1.807, 2.05) is 30.3 Å².